The topological polar surface area (TPSA) is 25.0 Å². The summed E-state index contributed by atoms with van der Waals surface area (Å²) in [4.78, 5) is 3.26. The summed E-state index contributed by atoms with van der Waals surface area (Å²) < 4.78 is 5.67. The molecule has 0 aromatic carbocycles. The minimum absolute atomic E-state index is 0.182. The van der Waals surface area contributed by atoms with Gasteiger partial charge in [-0.1, -0.05) is 20.8 Å². The van der Waals surface area contributed by atoms with Gasteiger partial charge >= 0.3 is 0 Å². The molecule has 1 aromatic rings. The van der Waals surface area contributed by atoms with E-state index in [1.807, 2.05) is 6.20 Å². The van der Waals surface area contributed by atoms with Crippen LogP contribution in [0.2, 0.25) is 0 Å². The largest absolute Gasteiger partial charge is 0.492 e. The van der Waals surface area contributed by atoms with Gasteiger partial charge in [-0.15, -0.1) is 0 Å². The van der Waals surface area contributed by atoms with Crippen LogP contribution in [0, 0.1) is 5.92 Å². The molecule has 1 heterocycles. The van der Waals surface area contributed by atoms with Gasteiger partial charge in [0.2, 0.25) is 0 Å². The van der Waals surface area contributed by atoms with Crippen LogP contribution in [0.4, 0.5) is 0 Å². The molecule has 0 amide bonds. The molecule has 0 unspecified atom stereocenters. The third-order valence-electron chi connectivity index (χ3n) is 2.65. The molecule has 0 bridgehead atoms. The summed E-state index contributed by atoms with van der Waals surface area (Å²) in [6, 6.07) is 2.11. The fourth-order valence-electron chi connectivity index (χ4n) is 1.39. The second-order valence-corrected chi connectivity index (χ2v) is 5.25. The molecule has 2 heteroatoms. The Kier molecular flexibility index (Phi) is 2.30. The summed E-state index contributed by atoms with van der Waals surface area (Å²) in [6.07, 6.45) is 4.65. The molecule has 1 saturated carbocycles. The zero-order valence-corrected chi connectivity index (χ0v) is 9.26. The summed E-state index contributed by atoms with van der Waals surface area (Å²) in [7, 11) is 0. The molecule has 1 aliphatic carbocycles. The van der Waals surface area contributed by atoms with E-state index in [1.54, 1.807) is 0 Å². The monoisotopic (exact) mass is 193 g/mol. The first-order chi connectivity index (χ1) is 6.55. The second kappa shape index (κ2) is 3.34. The Bertz CT molecular complexity index is 304. The van der Waals surface area contributed by atoms with Gasteiger partial charge in [-0.05, 0) is 18.8 Å². The van der Waals surface area contributed by atoms with Crippen molar-refractivity contribution in [1.82, 2.24) is 4.98 Å². The molecule has 0 saturated heterocycles. The highest BCUT2D eigenvalue weighted by molar-refractivity contribution is 5.27. The van der Waals surface area contributed by atoms with E-state index in [4.69, 9.17) is 4.74 Å². The van der Waals surface area contributed by atoms with Gasteiger partial charge in [-0.25, -0.2) is 0 Å². The number of H-pyrrole nitrogens is 1. The van der Waals surface area contributed by atoms with Crippen molar-refractivity contribution in [2.45, 2.75) is 39.0 Å². The molecule has 78 valence electrons. The number of hydrogen-bond donors (Lipinski definition) is 1. The highest BCUT2D eigenvalue weighted by atomic mass is 16.5. The molecular formula is C12H19NO. The van der Waals surface area contributed by atoms with Crippen LogP contribution >= 0.6 is 0 Å². The molecule has 0 aliphatic heterocycles. The molecule has 1 N–H and O–H groups in total. The minimum atomic E-state index is 0.182. The first-order valence-electron chi connectivity index (χ1n) is 5.37. The number of nitrogens with one attached hydrogen (secondary N) is 1. The SMILES string of the molecule is CC(C)(C)c1cc(OCC2CC2)c[nH]1. The number of rotatable bonds is 3. The van der Waals surface area contributed by atoms with Crippen molar-refractivity contribution in [2.75, 3.05) is 6.61 Å². The maximum absolute atomic E-state index is 5.67. The van der Waals surface area contributed by atoms with Gasteiger partial charge in [-0.3, -0.25) is 0 Å². The van der Waals surface area contributed by atoms with E-state index in [-0.39, 0.29) is 5.41 Å². The molecule has 1 fully saturated rings. The van der Waals surface area contributed by atoms with E-state index in [1.165, 1.54) is 18.5 Å². The standard InChI is InChI=1S/C12H19NO/c1-12(2,3)11-6-10(7-13-11)14-8-9-4-5-9/h6-7,9,13H,4-5,8H2,1-3H3. The Morgan fingerprint density at radius 2 is 2.14 bits per heavy atom. The van der Waals surface area contributed by atoms with Crippen molar-refractivity contribution in [2.24, 2.45) is 5.92 Å². The Labute approximate surface area is 85.7 Å². The second-order valence-electron chi connectivity index (χ2n) is 5.25. The van der Waals surface area contributed by atoms with Gasteiger partial charge in [0.1, 0.15) is 5.75 Å². The average Bonchev–Trinajstić information content (AvgIpc) is 2.77. The molecule has 14 heavy (non-hydrogen) atoms. The van der Waals surface area contributed by atoms with Crippen LogP contribution in [0.25, 0.3) is 0 Å². The van der Waals surface area contributed by atoms with Crippen LogP contribution < -0.4 is 4.74 Å². The average molecular weight is 193 g/mol. The van der Waals surface area contributed by atoms with E-state index < -0.39 is 0 Å². The lowest BCUT2D eigenvalue weighted by molar-refractivity contribution is 0.300. The molecule has 2 nitrogen and oxygen atoms in total. The Morgan fingerprint density at radius 3 is 2.64 bits per heavy atom. The van der Waals surface area contributed by atoms with E-state index in [0.717, 1.165) is 18.3 Å². The van der Waals surface area contributed by atoms with Crippen LogP contribution in [0.1, 0.15) is 39.3 Å². The van der Waals surface area contributed by atoms with Gasteiger partial charge in [0.15, 0.2) is 0 Å². The van der Waals surface area contributed by atoms with E-state index in [0.29, 0.717) is 0 Å². The molecule has 2 rings (SSSR count). The molecular weight excluding hydrogens is 174 g/mol. The summed E-state index contributed by atoms with van der Waals surface area (Å²) >= 11 is 0. The molecule has 0 spiro atoms. The molecule has 1 aromatic heterocycles. The first-order valence-corrected chi connectivity index (χ1v) is 5.37. The van der Waals surface area contributed by atoms with Crippen molar-refractivity contribution in [1.29, 1.82) is 0 Å². The Hall–Kier alpha value is -0.920. The van der Waals surface area contributed by atoms with E-state index in [2.05, 4.69) is 31.8 Å². The zero-order valence-electron chi connectivity index (χ0n) is 9.26. The van der Waals surface area contributed by atoms with Gasteiger partial charge in [0.25, 0.3) is 0 Å². The summed E-state index contributed by atoms with van der Waals surface area (Å²) in [5.41, 5.74) is 1.42. The third kappa shape index (κ3) is 2.31. The normalized spacial score (nSPS) is 17.1. The van der Waals surface area contributed by atoms with Crippen LogP contribution in [0.3, 0.4) is 0 Å². The first kappa shape index (κ1) is 9.63. The van der Waals surface area contributed by atoms with Crippen LogP contribution in [-0.4, -0.2) is 11.6 Å². The fourth-order valence-corrected chi connectivity index (χ4v) is 1.39. The van der Waals surface area contributed by atoms with Crippen LogP contribution in [0.15, 0.2) is 12.3 Å². The number of aromatic nitrogens is 1. The van der Waals surface area contributed by atoms with Gasteiger partial charge in [0, 0.05) is 23.4 Å². The summed E-state index contributed by atoms with van der Waals surface area (Å²) in [6.45, 7) is 7.48. The minimum Gasteiger partial charge on any atom is -0.492 e. The highest BCUT2D eigenvalue weighted by Crippen LogP contribution is 2.30. The summed E-state index contributed by atoms with van der Waals surface area (Å²) in [5, 5.41) is 0. The molecule has 0 atom stereocenters. The third-order valence-corrected chi connectivity index (χ3v) is 2.65. The van der Waals surface area contributed by atoms with Crippen molar-refractivity contribution >= 4 is 0 Å². The highest BCUT2D eigenvalue weighted by Gasteiger charge is 2.22. The Balaban J connectivity index is 1.94. The van der Waals surface area contributed by atoms with E-state index >= 15 is 0 Å². The predicted octanol–water partition coefficient (Wildman–Crippen LogP) is 3.10. The van der Waals surface area contributed by atoms with Crippen LogP contribution in [-0.2, 0) is 5.41 Å². The number of hydrogen-bond acceptors (Lipinski definition) is 1. The van der Waals surface area contributed by atoms with E-state index in [9.17, 15) is 0 Å². The maximum atomic E-state index is 5.67. The quantitative estimate of drug-likeness (QED) is 0.784. The lowest BCUT2D eigenvalue weighted by Crippen LogP contribution is -2.10. The lowest BCUT2D eigenvalue weighted by Gasteiger charge is -2.15. The fraction of sp³-hybridized carbons (Fsp3) is 0.667. The predicted molar refractivity (Wildman–Crippen MR) is 57.7 cm³/mol. The Morgan fingerprint density at radius 1 is 1.43 bits per heavy atom. The molecule has 0 radical (unpaired) electrons. The smallest absolute Gasteiger partial charge is 0.137 e. The number of aromatic amines is 1. The van der Waals surface area contributed by atoms with Gasteiger partial charge in [-0.2, -0.15) is 0 Å². The zero-order chi connectivity index (χ0) is 10.2. The maximum Gasteiger partial charge on any atom is 0.137 e. The molecule has 1 aliphatic rings. The van der Waals surface area contributed by atoms with Crippen molar-refractivity contribution in [3.05, 3.63) is 18.0 Å². The van der Waals surface area contributed by atoms with Gasteiger partial charge in [0.05, 0.1) is 6.61 Å². The summed E-state index contributed by atoms with van der Waals surface area (Å²) in [5.74, 6) is 1.81. The van der Waals surface area contributed by atoms with Crippen molar-refractivity contribution in [3.8, 4) is 5.75 Å². The van der Waals surface area contributed by atoms with Crippen molar-refractivity contribution in [3.63, 3.8) is 0 Å². The number of ether oxygens (including phenoxy) is 1. The van der Waals surface area contributed by atoms with Gasteiger partial charge < -0.3 is 9.72 Å². The lowest BCUT2D eigenvalue weighted by atomic mass is 9.93. The van der Waals surface area contributed by atoms with Crippen LogP contribution in [0.5, 0.6) is 5.75 Å². The van der Waals surface area contributed by atoms with Crippen molar-refractivity contribution < 1.29 is 4.74 Å².